The lowest BCUT2D eigenvalue weighted by Crippen LogP contribution is -2.26. The highest BCUT2D eigenvalue weighted by molar-refractivity contribution is 7.91. The van der Waals surface area contributed by atoms with E-state index in [4.69, 9.17) is 17.3 Å². The Bertz CT molecular complexity index is 869. The Balaban J connectivity index is 2.02. The molecule has 1 aromatic carbocycles. The van der Waals surface area contributed by atoms with Crippen LogP contribution in [0.5, 0.6) is 0 Å². The fourth-order valence-corrected chi connectivity index (χ4v) is 4.39. The summed E-state index contributed by atoms with van der Waals surface area (Å²) in [6.07, 6.45) is 3.41. The molecule has 23 heavy (non-hydrogen) atoms. The number of carbonyl (C=O) groups excluding carboxylic acids is 1. The Kier molecular flexibility index (Phi) is 4.09. The van der Waals surface area contributed by atoms with Crippen LogP contribution in [-0.2, 0) is 9.84 Å². The SMILES string of the molecule is N[C@@H]1CCS(=O)(=O)c2cc(C(=O)Nc3ccncc3)c(Cl)cc21. The molecule has 2 aromatic rings. The summed E-state index contributed by atoms with van der Waals surface area (Å²) in [5.74, 6) is -0.521. The van der Waals surface area contributed by atoms with Crippen molar-refractivity contribution in [1.82, 2.24) is 4.98 Å². The highest BCUT2D eigenvalue weighted by Gasteiger charge is 2.30. The van der Waals surface area contributed by atoms with Crippen LogP contribution in [0.2, 0.25) is 5.02 Å². The van der Waals surface area contributed by atoms with Gasteiger partial charge < -0.3 is 11.1 Å². The molecule has 0 bridgehead atoms. The average Bonchev–Trinajstić information content (AvgIpc) is 2.52. The number of amides is 1. The molecule has 0 radical (unpaired) electrons. The summed E-state index contributed by atoms with van der Waals surface area (Å²) in [7, 11) is -3.45. The third-order valence-electron chi connectivity index (χ3n) is 3.71. The Morgan fingerprint density at radius 2 is 2.00 bits per heavy atom. The van der Waals surface area contributed by atoms with Gasteiger partial charge in [-0.05, 0) is 36.2 Å². The normalized spacial score (nSPS) is 19.0. The minimum atomic E-state index is -3.45. The fraction of sp³-hybridized carbons (Fsp3) is 0.200. The van der Waals surface area contributed by atoms with Crippen molar-refractivity contribution in [3.8, 4) is 0 Å². The lowest BCUT2D eigenvalue weighted by molar-refractivity contribution is 0.102. The summed E-state index contributed by atoms with van der Waals surface area (Å²) in [6.45, 7) is 0. The van der Waals surface area contributed by atoms with E-state index in [1.165, 1.54) is 24.5 Å². The summed E-state index contributed by atoms with van der Waals surface area (Å²) in [6, 6.07) is 5.62. The molecule has 1 aromatic heterocycles. The molecule has 6 nitrogen and oxygen atoms in total. The van der Waals surface area contributed by atoms with Crippen LogP contribution in [0.4, 0.5) is 5.69 Å². The monoisotopic (exact) mass is 351 g/mol. The standard InChI is InChI=1S/C15H14ClN3O3S/c16-12-7-11-13(17)3-6-23(21,22)14(11)8-10(12)15(20)19-9-1-4-18-5-2-9/h1-2,4-5,7-8,13H,3,6,17H2,(H,18,19,20)/t13-/m1/s1. The van der Waals surface area contributed by atoms with Gasteiger partial charge in [0, 0.05) is 24.1 Å². The zero-order valence-electron chi connectivity index (χ0n) is 12.0. The van der Waals surface area contributed by atoms with E-state index in [1.807, 2.05) is 0 Å². The van der Waals surface area contributed by atoms with Crippen molar-refractivity contribution in [2.24, 2.45) is 5.73 Å². The van der Waals surface area contributed by atoms with Crippen molar-refractivity contribution in [3.05, 3.63) is 52.8 Å². The predicted octanol–water partition coefficient (Wildman–Crippen LogP) is 2.16. The van der Waals surface area contributed by atoms with Gasteiger partial charge in [0.15, 0.2) is 9.84 Å². The number of halogens is 1. The second-order valence-corrected chi connectivity index (χ2v) is 7.76. The first-order chi connectivity index (χ1) is 10.9. The van der Waals surface area contributed by atoms with Crippen LogP contribution in [0.3, 0.4) is 0 Å². The van der Waals surface area contributed by atoms with Crippen LogP contribution in [0.1, 0.15) is 28.4 Å². The molecule has 0 fully saturated rings. The van der Waals surface area contributed by atoms with E-state index in [0.29, 0.717) is 17.7 Å². The van der Waals surface area contributed by atoms with Crippen LogP contribution < -0.4 is 11.1 Å². The summed E-state index contributed by atoms with van der Waals surface area (Å²) >= 11 is 6.16. The first kappa shape index (κ1) is 15.9. The molecule has 2 heterocycles. The number of pyridine rings is 1. The second kappa shape index (κ2) is 5.92. The number of hydrogen-bond donors (Lipinski definition) is 2. The van der Waals surface area contributed by atoms with Gasteiger partial charge in [0.25, 0.3) is 5.91 Å². The Morgan fingerprint density at radius 3 is 2.70 bits per heavy atom. The van der Waals surface area contributed by atoms with Gasteiger partial charge in [-0.25, -0.2) is 8.42 Å². The number of aromatic nitrogens is 1. The number of nitrogens with one attached hydrogen (secondary N) is 1. The topological polar surface area (TPSA) is 102 Å². The zero-order valence-corrected chi connectivity index (χ0v) is 13.6. The predicted molar refractivity (Wildman–Crippen MR) is 87.2 cm³/mol. The average molecular weight is 352 g/mol. The molecule has 1 aliphatic heterocycles. The lowest BCUT2D eigenvalue weighted by atomic mass is 10.0. The molecule has 0 unspecified atom stereocenters. The smallest absolute Gasteiger partial charge is 0.257 e. The van der Waals surface area contributed by atoms with Gasteiger partial charge in [-0.1, -0.05) is 11.6 Å². The maximum Gasteiger partial charge on any atom is 0.257 e. The van der Waals surface area contributed by atoms with Crippen molar-refractivity contribution in [3.63, 3.8) is 0 Å². The third kappa shape index (κ3) is 3.08. The van der Waals surface area contributed by atoms with E-state index < -0.39 is 21.8 Å². The highest BCUT2D eigenvalue weighted by atomic mass is 35.5. The second-order valence-electron chi connectivity index (χ2n) is 5.27. The number of anilines is 1. The van der Waals surface area contributed by atoms with E-state index in [9.17, 15) is 13.2 Å². The van der Waals surface area contributed by atoms with Crippen molar-refractivity contribution in [2.45, 2.75) is 17.4 Å². The Morgan fingerprint density at radius 1 is 1.30 bits per heavy atom. The molecular weight excluding hydrogens is 338 g/mol. The first-order valence-corrected chi connectivity index (χ1v) is 8.94. The maximum absolute atomic E-state index is 12.4. The molecule has 0 spiro atoms. The summed E-state index contributed by atoms with van der Waals surface area (Å²) in [4.78, 5) is 16.3. The number of rotatable bonds is 2. The van der Waals surface area contributed by atoms with Crippen molar-refractivity contribution >= 4 is 33.0 Å². The molecule has 1 atom stereocenters. The first-order valence-electron chi connectivity index (χ1n) is 6.91. The van der Waals surface area contributed by atoms with Crippen LogP contribution in [0.15, 0.2) is 41.6 Å². The number of nitrogens with zero attached hydrogens (tertiary/aromatic N) is 1. The minimum absolute atomic E-state index is 0.0335. The molecule has 0 saturated carbocycles. The zero-order chi connectivity index (χ0) is 16.6. The molecule has 0 aliphatic carbocycles. The molecule has 0 saturated heterocycles. The molecule has 120 valence electrons. The Hall–Kier alpha value is -1.96. The summed E-state index contributed by atoms with van der Waals surface area (Å²) < 4.78 is 24.4. The quantitative estimate of drug-likeness (QED) is 0.863. The number of fused-ring (bicyclic) bond motifs is 1. The third-order valence-corrected chi connectivity index (χ3v) is 5.82. The van der Waals surface area contributed by atoms with Gasteiger partial charge in [0.2, 0.25) is 0 Å². The lowest BCUT2D eigenvalue weighted by Gasteiger charge is -2.23. The number of carbonyl (C=O) groups is 1. The number of benzene rings is 1. The summed E-state index contributed by atoms with van der Waals surface area (Å²) in [5.41, 5.74) is 7.05. The molecule has 1 aliphatic rings. The van der Waals surface area contributed by atoms with Crippen LogP contribution in [0.25, 0.3) is 0 Å². The van der Waals surface area contributed by atoms with Crippen molar-refractivity contribution < 1.29 is 13.2 Å². The fourth-order valence-electron chi connectivity index (χ4n) is 2.48. The Labute approximate surface area is 138 Å². The van der Waals surface area contributed by atoms with Gasteiger partial charge in [-0.2, -0.15) is 0 Å². The largest absolute Gasteiger partial charge is 0.324 e. The van der Waals surface area contributed by atoms with Crippen LogP contribution >= 0.6 is 11.6 Å². The van der Waals surface area contributed by atoms with Crippen molar-refractivity contribution in [2.75, 3.05) is 11.1 Å². The van der Waals surface area contributed by atoms with E-state index in [1.54, 1.807) is 12.1 Å². The van der Waals surface area contributed by atoms with E-state index >= 15 is 0 Å². The molecule has 3 rings (SSSR count). The number of sulfone groups is 1. The van der Waals surface area contributed by atoms with Gasteiger partial charge in [-0.3, -0.25) is 9.78 Å². The van der Waals surface area contributed by atoms with Crippen LogP contribution in [0, 0.1) is 0 Å². The van der Waals surface area contributed by atoms with Gasteiger partial charge in [0.05, 0.1) is 21.2 Å². The van der Waals surface area contributed by atoms with Gasteiger partial charge in [0.1, 0.15) is 0 Å². The van der Waals surface area contributed by atoms with Crippen molar-refractivity contribution in [1.29, 1.82) is 0 Å². The molecule has 8 heteroatoms. The number of hydrogen-bond acceptors (Lipinski definition) is 5. The molecular formula is C15H14ClN3O3S. The van der Waals surface area contributed by atoms with Gasteiger partial charge >= 0.3 is 0 Å². The van der Waals surface area contributed by atoms with E-state index in [2.05, 4.69) is 10.3 Å². The maximum atomic E-state index is 12.4. The van der Waals surface area contributed by atoms with E-state index in [-0.39, 0.29) is 21.2 Å². The van der Waals surface area contributed by atoms with Crippen LogP contribution in [-0.4, -0.2) is 25.1 Å². The molecule has 3 N–H and O–H groups in total. The van der Waals surface area contributed by atoms with E-state index in [0.717, 1.165) is 0 Å². The highest BCUT2D eigenvalue weighted by Crippen LogP contribution is 2.34. The minimum Gasteiger partial charge on any atom is -0.324 e. The number of nitrogens with two attached hydrogens (primary N) is 1. The molecule has 1 amide bonds. The summed E-state index contributed by atoms with van der Waals surface area (Å²) in [5, 5.41) is 2.82. The van der Waals surface area contributed by atoms with Gasteiger partial charge in [-0.15, -0.1) is 0 Å².